The Labute approximate surface area is 122 Å². The van der Waals surface area contributed by atoms with Gasteiger partial charge < -0.3 is 15.8 Å². The Hall–Kier alpha value is -2.15. The minimum absolute atomic E-state index is 0.114. The summed E-state index contributed by atoms with van der Waals surface area (Å²) in [6, 6.07) is 3.30. The van der Waals surface area contributed by atoms with E-state index in [1.165, 1.54) is 6.07 Å². The molecule has 1 rings (SSSR count). The van der Waals surface area contributed by atoms with Crippen LogP contribution in [0.2, 0.25) is 0 Å². The lowest BCUT2D eigenvalue weighted by molar-refractivity contribution is -0.121. The van der Waals surface area contributed by atoms with E-state index < -0.39 is 24.4 Å². The van der Waals surface area contributed by atoms with Crippen LogP contribution in [0.3, 0.4) is 0 Å². The molecular formula is C14H20FN3O3. The molecule has 21 heavy (non-hydrogen) atoms. The molecule has 0 aliphatic heterocycles. The molecule has 0 aromatic heterocycles. The van der Waals surface area contributed by atoms with Crippen LogP contribution in [0.25, 0.3) is 0 Å². The fourth-order valence-corrected chi connectivity index (χ4v) is 1.74. The zero-order valence-electron chi connectivity index (χ0n) is 12.1. The number of carbonyl (C=O) groups excluding carboxylic acids is 2. The van der Waals surface area contributed by atoms with Crippen LogP contribution >= 0.6 is 0 Å². The molecule has 6 nitrogen and oxygen atoms in total. The highest BCUT2D eigenvalue weighted by atomic mass is 19.1. The number of primary amides is 1. The van der Waals surface area contributed by atoms with Crippen molar-refractivity contribution < 1.29 is 18.7 Å². The van der Waals surface area contributed by atoms with Crippen molar-refractivity contribution in [1.29, 1.82) is 0 Å². The summed E-state index contributed by atoms with van der Waals surface area (Å²) < 4.78 is 19.1. The van der Waals surface area contributed by atoms with E-state index >= 15 is 0 Å². The van der Waals surface area contributed by atoms with E-state index in [2.05, 4.69) is 5.32 Å². The summed E-state index contributed by atoms with van der Waals surface area (Å²) in [4.78, 5) is 21.6. The highest BCUT2D eigenvalue weighted by Crippen LogP contribution is 2.21. The van der Waals surface area contributed by atoms with Crippen molar-refractivity contribution in [2.45, 2.75) is 26.3 Å². The quantitative estimate of drug-likeness (QED) is 0.710. The van der Waals surface area contributed by atoms with E-state index in [4.69, 9.17) is 10.5 Å². The largest absolute Gasteiger partial charge is 0.484 e. The smallest absolute Gasteiger partial charge is 0.318 e. The first-order chi connectivity index (χ1) is 9.93. The SMILES string of the molecule is CCCNC(C)c1ccc(OCC(=O)NC(N)=O)cc1F. The predicted molar refractivity (Wildman–Crippen MR) is 76.3 cm³/mol. The summed E-state index contributed by atoms with van der Waals surface area (Å²) >= 11 is 0. The van der Waals surface area contributed by atoms with Gasteiger partial charge in [0.2, 0.25) is 0 Å². The summed E-state index contributed by atoms with van der Waals surface area (Å²) in [5.41, 5.74) is 5.31. The third-order valence-corrected chi connectivity index (χ3v) is 2.77. The third kappa shape index (κ3) is 5.78. The molecule has 1 aromatic carbocycles. The number of carbonyl (C=O) groups is 2. The van der Waals surface area contributed by atoms with Crippen molar-refractivity contribution in [2.24, 2.45) is 5.73 Å². The Balaban J connectivity index is 2.61. The van der Waals surface area contributed by atoms with E-state index in [1.54, 1.807) is 12.1 Å². The van der Waals surface area contributed by atoms with Gasteiger partial charge in [0.15, 0.2) is 6.61 Å². The molecule has 0 saturated heterocycles. The first-order valence-electron chi connectivity index (χ1n) is 6.69. The normalized spacial score (nSPS) is 11.8. The van der Waals surface area contributed by atoms with Crippen molar-refractivity contribution >= 4 is 11.9 Å². The average Bonchev–Trinajstić information content (AvgIpc) is 2.42. The van der Waals surface area contributed by atoms with Crippen molar-refractivity contribution in [3.05, 3.63) is 29.6 Å². The van der Waals surface area contributed by atoms with Crippen LogP contribution in [0.1, 0.15) is 31.9 Å². The highest BCUT2D eigenvalue weighted by molar-refractivity contribution is 5.94. The van der Waals surface area contributed by atoms with E-state index in [-0.39, 0.29) is 11.8 Å². The first kappa shape index (κ1) is 16.9. The zero-order chi connectivity index (χ0) is 15.8. The molecule has 0 heterocycles. The van der Waals surface area contributed by atoms with Crippen molar-refractivity contribution in [3.8, 4) is 5.75 Å². The van der Waals surface area contributed by atoms with Crippen LogP contribution in [0.15, 0.2) is 18.2 Å². The average molecular weight is 297 g/mol. The van der Waals surface area contributed by atoms with Crippen molar-refractivity contribution in [1.82, 2.24) is 10.6 Å². The number of imide groups is 1. The highest BCUT2D eigenvalue weighted by Gasteiger charge is 2.12. The van der Waals surface area contributed by atoms with Gasteiger partial charge in [-0.1, -0.05) is 13.0 Å². The summed E-state index contributed by atoms with van der Waals surface area (Å²) in [7, 11) is 0. The van der Waals surface area contributed by atoms with E-state index in [0.717, 1.165) is 13.0 Å². The molecule has 0 fully saturated rings. The van der Waals surface area contributed by atoms with Crippen molar-refractivity contribution in [2.75, 3.05) is 13.2 Å². The maximum Gasteiger partial charge on any atom is 0.318 e. The second-order valence-corrected chi connectivity index (χ2v) is 4.56. The fourth-order valence-electron chi connectivity index (χ4n) is 1.74. The number of nitrogens with one attached hydrogen (secondary N) is 2. The topological polar surface area (TPSA) is 93.4 Å². The monoisotopic (exact) mass is 297 g/mol. The van der Waals surface area contributed by atoms with Gasteiger partial charge in [-0.25, -0.2) is 9.18 Å². The number of hydrogen-bond acceptors (Lipinski definition) is 4. The predicted octanol–water partition coefficient (Wildman–Crippen LogP) is 1.46. The number of nitrogens with two attached hydrogens (primary N) is 1. The molecule has 0 aliphatic carbocycles. The van der Waals surface area contributed by atoms with Crippen LogP contribution in [-0.4, -0.2) is 25.1 Å². The number of halogens is 1. The maximum atomic E-state index is 14.0. The molecule has 7 heteroatoms. The molecule has 1 atom stereocenters. The molecule has 1 unspecified atom stereocenters. The van der Waals surface area contributed by atoms with Gasteiger partial charge >= 0.3 is 6.03 Å². The third-order valence-electron chi connectivity index (χ3n) is 2.77. The summed E-state index contributed by atoms with van der Waals surface area (Å²) in [5.74, 6) is -0.901. The molecule has 1 aromatic rings. The second-order valence-electron chi connectivity index (χ2n) is 4.56. The Kier molecular flexibility index (Phi) is 6.61. The molecule has 0 saturated carbocycles. The summed E-state index contributed by atoms with van der Waals surface area (Å²) in [6.45, 7) is 4.29. The number of benzene rings is 1. The fraction of sp³-hybridized carbons (Fsp3) is 0.429. The molecular weight excluding hydrogens is 277 g/mol. The standard InChI is InChI=1S/C14H20FN3O3/c1-3-6-17-9(2)11-5-4-10(7-12(11)15)21-8-13(19)18-14(16)20/h4-5,7,9,17H,3,6,8H2,1-2H3,(H3,16,18,19,20). The minimum Gasteiger partial charge on any atom is -0.484 e. The number of rotatable bonds is 7. The van der Waals surface area contributed by atoms with Gasteiger partial charge in [0, 0.05) is 17.7 Å². The van der Waals surface area contributed by atoms with Gasteiger partial charge in [-0.2, -0.15) is 0 Å². The molecule has 0 bridgehead atoms. The van der Waals surface area contributed by atoms with Crippen LogP contribution in [0.5, 0.6) is 5.75 Å². The molecule has 0 radical (unpaired) electrons. The molecule has 3 amide bonds. The Morgan fingerprint density at radius 1 is 1.43 bits per heavy atom. The first-order valence-corrected chi connectivity index (χ1v) is 6.69. The van der Waals surface area contributed by atoms with Gasteiger partial charge in [0.1, 0.15) is 11.6 Å². The van der Waals surface area contributed by atoms with E-state index in [0.29, 0.717) is 5.56 Å². The number of amides is 3. The van der Waals surface area contributed by atoms with Gasteiger partial charge in [-0.15, -0.1) is 0 Å². The lowest BCUT2D eigenvalue weighted by Gasteiger charge is -2.15. The summed E-state index contributed by atoms with van der Waals surface area (Å²) in [5, 5.41) is 5.04. The molecule has 0 aliphatic rings. The lowest BCUT2D eigenvalue weighted by Crippen LogP contribution is -2.38. The maximum absolute atomic E-state index is 14.0. The van der Waals surface area contributed by atoms with Gasteiger partial charge in [0.05, 0.1) is 0 Å². The number of urea groups is 1. The Morgan fingerprint density at radius 3 is 2.71 bits per heavy atom. The lowest BCUT2D eigenvalue weighted by atomic mass is 10.1. The molecule has 4 N–H and O–H groups in total. The van der Waals surface area contributed by atoms with Crippen LogP contribution in [0.4, 0.5) is 9.18 Å². The Morgan fingerprint density at radius 2 is 2.14 bits per heavy atom. The zero-order valence-corrected chi connectivity index (χ0v) is 12.1. The van der Waals surface area contributed by atoms with Gasteiger partial charge in [-0.05, 0) is 26.0 Å². The Bertz CT molecular complexity index is 508. The van der Waals surface area contributed by atoms with Crippen LogP contribution in [-0.2, 0) is 4.79 Å². The van der Waals surface area contributed by atoms with Crippen LogP contribution in [0, 0.1) is 5.82 Å². The minimum atomic E-state index is -0.957. The molecule has 0 spiro atoms. The number of hydrogen-bond donors (Lipinski definition) is 3. The number of ether oxygens (including phenoxy) is 1. The second kappa shape index (κ2) is 8.21. The van der Waals surface area contributed by atoms with Gasteiger partial charge in [-0.3, -0.25) is 10.1 Å². The van der Waals surface area contributed by atoms with E-state index in [9.17, 15) is 14.0 Å². The molecule has 116 valence electrons. The van der Waals surface area contributed by atoms with Crippen LogP contribution < -0.4 is 21.1 Å². The van der Waals surface area contributed by atoms with Crippen molar-refractivity contribution in [3.63, 3.8) is 0 Å². The summed E-state index contributed by atoms with van der Waals surface area (Å²) in [6.07, 6.45) is 0.960. The van der Waals surface area contributed by atoms with E-state index in [1.807, 2.05) is 19.2 Å². The van der Waals surface area contributed by atoms with Gasteiger partial charge in [0.25, 0.3) is 5.91 Å².